The number of rotatable bonds is 10. The summed E-state index contributed by atoms with van der Waals surface area (Å²) in [6.07, 6.45) is 7.64. The molecule has 1 amide bonds. The highest BCUT2D eigenvalue weighted by molar-refractivity contribution is 5.89. The number of piperidine rings is 1. The zero-order valence-corrected chi connectivity index (χ0v) is 17.4. The highest BCUT2D eigenvalue weighted by atomic mass is 16.5. The van der Waals surface area contributed by atoms with Gasteiger partial charge in [0.25, 0.3) is 0 Å². The van der Waals surface area contributed by atoms with Crippen LogP contribution in [0.4, 0.5) is 0 Å². The Balaban J connectivity index is 1.55. The quantitative estimate of drug-likeness (QED) is 0.603. The average molecular weight is 400 g/mol. The summed E-state index contributed by atoms with van der Waals surface area (Å²) in [5.74, 6) is 0.493. The molecule has 0 aliphatic carbocycles. The van der Waals surface area contributed by atoms with E-state index in [1.165, 1.54) is 24.8 Å². The van der Waals surface area contributed by atoms with Gasteiger partial charge in [-0.15, -0.1) is 0 Å². The number of carbonyl (C=O) groups is 2. The van der Waals surface area contributed by atoms with Crippen molar-refractivity contribution in [2.24, 2.45) is 5.92 Å². The maximum absolute atomic E-state index is 12.3. The van der Waals surface area contributed by atoms with Crippen LogP contribution >= 0.6 is 0 Å². The van der Waals surface area contributed by atoms with E-state index in [2.05, 4.69) is 39.6 Å². The highest BCUT2D eigenvalue weighted by Gasteiger charge is 2.14. The molecule has 1 aromatic heterocycles. The van der Waals surface area contributed by atoms with Gasteiger partial charge in [-0.1, -0.05) is 18.2 Å². The molecule has 1 aliphatic rings. The molecule has 6 nitrogen and oxygen atoms in total. The van der Waals surface area contributed by atoms with Gasteiger partial charge in [0.2, 0.25) is 5.91 Å². The number of hydrogen-bond donors (Lipinski definition) is 2. The van der Waals surface area contributed by atoms with Crippen molar-refractivity contribution in [2.75, 3.05) is 26.2 Å². The Morgan fingerprint density at radius 1 is 1.24 bits per heavy atom. The van der Waals surface area contributed by atoms with Gasteiger partial charge < -0.3 is 19.9 Å². The fourth-order valence-electron chi connectivity index (χ4n) is 4.14. The van der Waals surface area contributed by atoms with Gasteiger partial charge in [0.15, 0.2) is 0 Å². The number of aromatic nitrogens is 1. The molecule has 2 N–H and O–H groups in total. The zero-order chi connectivity index (χ0) is 20.5. The van der Waals surface area contributed by atoms with Gasteiger partial charge in [-0.2, -0.15) is 0 Å². The van der Waals surface area contributed by atoms with E-state index in [1.807, 2.05) is 6.07 Å². The Bertz CT molecular complexity index is 809. The standard InChI is InChI=1S/C23H33N3O3/c1-2-29-23(28)11-14-25-22(27)16-19-17-26(21-8-4-3-7-20(19)21)15-5-6-18-9-12-24-13-10-18/h3-4,7-8,17-18,24H,2,5-6,9-16H2,1H3,(H,25,27). The first kappa shape index (κ1) is 21.4. The Morgan fingerprint density at radius 2 is 2.03 bits per heavy atom. The molecule has 6 heteroatoms. The van der Waals surface area contributed by atoms with Gasteiger partial charge in [0, 0.05) is 30.2 Å². The number of esters is 1. The molecular weight excluding hydrogens is 366 g/mol. The minimum atomic E-state index is -0.279. The first-order valence-corrected chi connectivity index (χ1v) is 10.9. The van der Waals surface area contributed by atoms with Crippen LogP contribution in [0, 0.1) is 5.92 Å². The minimum absolute atomic E-state index is 0.0630. The van der Waals surface area contributed by atoms with Crippen molar-refractivity contribution >= 4 is 22.8 Å². The maximum atomic E-state index is 12.3. The summed E-state index contributed by atoms with van der Waals surface area (Å²) in [5.41, 5.74) is 2.23. The summed E-state index contributed by atoms with van der Waals surface area (Å²) in [5, 5.41) is 7.39. The lowest BCUT2D eigenvalue weighted by atomic mass is 9.93. The molecule has 0 radical (unpaired) electrons. The van der Waals surface area contributed by atoms with Crippen LogP contribution in [0.25, 0.3) is 10.9 Å². The third-order valence-electron chi connectivity index (χ3n) is 5.65. The van der Waals surface area contributed by atoms with Crippen molar-refractivity contribution in [2.45, 2.75) is 52.0 Å². The predicted molar refractivity (Wildman–Crippen MR) is 115 cm³/mol. The van der Waals surface area contributed by atoms with Crippen LogP contribution in [-0.2, 0) is 27.3 Å². The smallest absolute Gasteiger partial charge is 0.307 e. The van der Waals surface area contributed by atoms with Crippen molar-refractivity contribution in [1.82, 2.24) is 15.2 Å². The van der Waals surface area contributed by atoms with E-state index in [1.54, 1.807) is 6.92 Å². The van der Waals surface area contributed by atoms with Gasteiger partial charge in [-0.3, -0.25) is 9.59 Å². The molecule has 3 rings (SSSR count). The molecule has 0 unspecified atom stereocenters. The lowest BCUT2D eigenvalue weighted by Gasteiger charge is -2.22. The van der Waals surface area contributed by atoms with Crippen molar-refractivity contribution in [3.8, 4) is 0 Å². The average Bonchev–Trinajstić information content (AvgIpc) is 3.07. The highest BCUT2D eigenvalue weighted by Crippen LogP contribution is 2.24. The predicted octanol–water partition coefficient (Wildman–Crippen LogP) is 3.03. The second kappa shape index (κ2) is 11.0. The van der Waals surface area contributed by atoms with E-state index < -0.39 is 0 Å². The molecule has 0 atom stereocenters. The topological polar surface area (TPSA) is 72.4 Å². The monoisotopic (exact) mass is 399 g/mol. The maximum Gasteiger partial charge on any atom is 0.307 e. The number of nitrogens with zero attached hydrogens (tertiary/aromatic N) is 1. The summed E-state index contributed by atoms with van der Waals surface area (Å²) in [7, 11) is 0. The molecule has 1 aromatic carbocycles. The van der Waals surface area contributed by atoms with Crippen LogP contribution in [0.5, 0.6) is 0 Å². The second-order valence-electron chi connectivity index (χ2n) is 7.78. The Hall–Kier alpha value is -2.34. The fourth-order valence-corrected chi connectivity index (χ4v) is 4.14. The number of amides is 1. The SMILES string of the molecule is CCOC(=O)CCNC(=O)Cc1cn(CCCC2CCNCC2)c2ccccc12. The number of carbonyl (C=O) groups excluding carboxylic acids is 2. The van der Waals surface area contributed by atoms with E-state index in [-0.39, 0.29) is 18.3 Å². The van der Waals surface area contributed by atoms with Crippen molar-refractivity contribution in [1.29, 1.82) is 0 Å². The number of hydrogen-bond acceptors (Lipinski definition) is 4. The molecule has 0 bridgehead atoms. The third-order valence-corrected chi connectivity index (χ3v) is 5.65. The molecule has 29 heavy (non-hydrogen) atoms. The van der Waals surface area contributed by atoms with Crippen LogP contribution in [0.3, 0.4) is 0 Å². The largest absolute Gasteiger partial charge is 0.466 e. The van der Waals surface area contributed by atoms with Crippen molar-refractivity contribution < 1.29 is 14.3 Å². The number of nitrogens with one attached hydrogen (secondary N) is 2. The van der Waals surface area contributed by atoms with Gasteiger partial charge >= 0.3 is 5.97 Å². The van der Waals surface area contributed by atoms with E-state index in [0.717, 1.165) is 42.9 Å². The molecule has 1 aliphatic heterocycles. The van der Waals surface area contributed by atoms with Crippen LogP contribution < -0.4 is 10.6 Å². The van der Waals surface area contributed by atoms with Crippen LogP contribution in [0.1, 0.15) is 44.6 Å². The lowest BCUT2D eigenvalue weighted by molar-refractivity contribution is -0.143. The van der Waals surface area contributed by atoms with Gasteiger partial charge in [-0.05, 0) is 63.2 Å². The van der Waals surface area contributed by atoms with E-state index in [4.69, 9.17) is 4.74 Å². The molecule has 1 saturated heterocycles. The number of para-hydroxylation sites is 1. The number of benzene rings is 1. The lowest BCUT2D eigenvalue weighted by Crippen LogP contribution is -2.28. The van der Waals surface area contributed by atoms with Crippen molar-refractivity contribution in [3.63, 3.8) is 0 Å². The molecular formula is C23H33N3O3. The van der Waals surface area contributed by atoms with Crippen LogP contribution in [-0.4, -0.2) is 42.7 Å². The molecule has 1 fully saturated rings. The van der Waals surface area contributed by atoms with E-state index in [9.17, 15) is 9.59 Å². The third kappa shape index (κ3) is 6.32. The normalized spacial score (nSPS) is 14.8. The minimum Gasteiger partial charge on any atom is -0.466 e. The molecule has 0 saturated carbocycles. The van der Waals surface area contributed by atoms with Gasteiger partial charge in [0.05, 0.1) is 19.4 Å². The number of aryl methyl sites for hydroxylation is 1. The van der Waals surface area contributed by atoms with Crippen LogP contribution in [0.15, 0.2) is 30.5 Å². The van der Waals surface area contributed by atoms with E-state index in [0.29, 0.717) is 19.6 Å². The van der Waals surface area contributed by atoms with E-state index >= 15 is 0 Å². The zero-order valence-electron chi connectivity index (χ0n) is 17.4. The first-order valence-electron chi connectivity index (χ1n) is 10.9. The summed E-state index contributed by atoms with van der Waals surface area (Å²) < 4.78 is 7.18. The Morgan fingerprint density at radius 3 is 2.83 bits per heavy atom. The second-order valence-corrected chi connectivity index (χ2v) is 7.78. The molecule has 158 valence electrons. The van der Waals surface area contributed by atoms with Crippen molar-refractivity contribution in [3.05, 3.63) is 36.0 Å². The first-order chi connectivity index (χ1) is 14.2. The summed E-state index contributed by atoms with van der Waals surface area (Å²) >= 11 is 0. The molecule has 0 spiro atoms. The number of fused-ring (bicyclic) bond motifs is 1. The van der Waals surface area contributed by atoms with Gasteiger partial charge in [-0.25, -0.2) is 0 Å². The van der Waals surface area contributed by atoms with Crippen LogP contribution in [0.2, 0.25) is 0 Å². The Labute approximate surface area is 173 Å². The molecule has 2 heterocycles. The Kier molecular flexibility index (Phi) is 8.11. The molecule has 2 aromatic rings. The summed E-state index contributed by atoms with van der Waals surface area (Å²) in [6.45, 7) is 5.73. The van der Waals surface area contributed by atoms with Gasteiger partial charge in [0.1, 0.15) is 0 Å². The summed E-state index contributed by atoms with van der Waals surface area (Å²) in [6, 6.07) is 8.28. The number of ether oxygens (including phenoxy) is 1. The fraction of sp³-hybridized carbons (Fsp3) is 0.565. The summed E-state index contributed by atoms with van der Waals surface area (Å²) in [4.78, 5) is 23.7.